The van der Waals surface area contributed by atoms with Gasteiger partial charge in [0.05, 0.1) is 11.8 Å². The number of pyridine rings is 1. The molecule has 0 saturated carbocycles. The number of piperidine rings is 1. The van der Waals surface area contributed by atoms with Gasteiger partial charge in [-0.15, -0.1) is 13.2 Å². The topological polar surface area (TPSA) is 112 Å². The van der Waals surface area contributed by atoms with Crippen LogP contribution in [0.25, 0.3) is 11.4 Å². The maximum absolute atomic E-state index is 12.6. The zero-order valence-electron chi connectivity index (χ0n) is 18.8. The standard InChI is InChI=1S/C22H23F3N8O2/c1-14(34)32-6-3-21(4-7-32)12-33(13-21)19-9-18(30-20(31-19)15-10-27-28-11-15)29-17-8-16(2-5-26-17)35-22(23,24)25/h2,5,8-11H,3-4,6-7,12-13H2,1H3,(H,27,28)(H,26,29,30,31). The van der Waals surface area contributed by atoms with Gasteiger partial charge in [0.25, 0.3) is 0 Å². The summed E-state index contributed by atoms with van der Waals surface area (Å²) in [4.78, 5) is 28.9. The Balaban J connectivity index is 1.36. The Labute approximate surface area is 198 Å². The molecule has 10 nitrogen and oxygen atoms in total. The SMILES string of the molecule is CC(=O)N1CCC2(CC1)CN(c1cc(Nc3cc(OC(F)(F)F)ccn3)nc(-c3cn[nH]c3)n1)C2. The fourth-order valence-corrected chi connectivity index (χ4v) is 4.51. The number of halogens is 3. The largest absolute Gasteiger partial charge is 0.573 e. The van der Waals surface area contributed by atoms with E-state index in [1.165, 1.54) is 6.20 Å². The van der Waals surface area contributed by atoms with Crippen molar-refractivity contribution in [2.45, 2.75) is 26.1 Å². The van der Waals surface area contributed by atoms with Gasteiger partial charge >= 0.3 is 6.36 Å². The van der Waals surface area contributed by atoms with Crippen LogP contribution >= 0.6 is 0 Å². The normalized spacial score (nSPS) is 17.3. The van der Waals surface area contributed by atoms with Crippen molar-refractivity contribution < 1.29 is 22.7 Å². The summed E-state index contributed by atoms with van der Waals surface area (Å²) in [5.74, 6) is 1.32. The van der Waals surface area contributed by atoms with Crippen molar-refractivity contribution in [3.63, 3.8) is 0 Å². The minimum atomic E-state index is -4.80. The van der Waals surface area contributed by atoms with Crippen molar-refractivity contribution in [1.82, 2.24) is 30.0 Å². The van der Waals surface area contributed by atoms with Gasteiger partial charge in [-0.05, 0) is 18.9 Å². The zero-order chi connectivity index (χ0) is 24.6. The first-order valence-corrected chi connectivity index (χ1v) is 11.1. The minimum absolute atomic E-state index is 0.102. The molecule has 2 aliphatic heterocycles. The molecule has 3 aromatic rings. The molecule has 0 atom stereocenters. The number of aromatic amines is 1. The number of anilines is 3. The highest BCUT2D eigenvalue weighted by Crippen LogP contribution is 2.42. The third-order valence-electron chi connectivity index (χ3n) is 6.34. The Kier molecular flexibility index (Phi) is 5.69. The van der Waals surface area contributed by atoms with Crippen LogP contribution in [0.3, 0.4) is 0 Å². The van der Waals surface area contributed by atoms with Crippen LogP contribution in [0.4, 0.5) is 30.6 Å². The third kappa shape index (κ3) is 5.12. The summed E-state index contributed by atoms with van der Waals surface area (Å²) in [5, 5.41) is 9.64. The van der Waals surface area contributed by atoms with Crippen molar-refractivity contribution in [3.05, 3.63) is 36.8 Å². The number of carbonyl (C=O) groups is 1. The van der Waals surface area contributed by atoms with E-state index in [2.05, 4.69) is 40.1 Å². The van der Waals surface area contributed by atoms with Crippen LogP contribution in [0.2, 0.25) is 0 Å². The highest BCUT2D eigenvalue weighted by molar-refractivity contribution is 5.73. The molecule has 0 aliphatic carbocycles. The molecule has 2 saturated heterocycles. The molecular formula is C22H23F3N8O2. The second-order valence-electron chi connectivity index (χ2n) is 8.83. The number of hydrogen-bond acceptors (Lipinski definition) is 8. The second kappa shape index (κ2) is 8.71. The zero-order valence-corrected chi connectivity index (χ0v) is 18.8. The Morgan fingerprint density at radius 2 is 1.94 bits per heavy atom. The number of likely N-dealkylation sites (tertiary alicyclic amines) is 1. The van der Waals surface area contributed by atoms with Crippen molar-refractivity contribution in [2.24, 2.45) is 5.41 Å². The van der Waals surface area contributed by atoms with Crippen LogP contribution in [0.15, 0.2) is 36.8 Å². The molecule has 184 valence electrons. The average Bonchev–Trinajstić information content (AvgIpc) is 3.31. The molecule has 5 rings (SSSR count). The van der Waals surface area contributed by atoms with Crippen LogP contribution in [0.1, 0.15) is 19.8 Å². The van der Waals surface area contributed by atoms with E-state index >= 15 is 0 Å². The Bertz CT molecular complexity index is 1200. The number of nitrogens with one attached hydrogen (secondary N) is 2. The van der Waals surface area contributed by atoms with E-state index in [-0.39, 0.29) is 22.9 Å². The molecule has 5 heterocycles. The van der Waals surface area contributed by atoms with E-state index in [0.29, 0.717) is 23.0 Å². The van der Waals surface area contributed by atoms with Crippen LogP contribution in [-0.4, -0.2) is 68.5 Å². The number of aromatic nitrogens is 5. The fraction of sp³-hybridized carbons (Fsp3) is 0.409. The number of carbonyl (C=O) groups excluding carboxylic acids is 1. The smallest absolute Gasteiger partial charge is 0.406 e. The van der Waals surface area contributed by atoms with Gasteiger partial charge < -0.3 is 19.9 Å². The van der Waals surface area contributed by atoms with Gasteiger partial charge in [-0.25, -0.2) is 15.0 Å². The van der Waals surface area contributed by atoms with Crippen LogP contribution in [-0.2, 0) is 4.79 Å². The summed E-state index contributed by atoms with van der Waals surface area (Å²) >= 11 is 0. The first-order valence-electron chi connectivity index (χ1n) is 11.1. The number of hydrogen-bond donors (Lipinski definition) is 2. The maximum Gasteiger partial charge on any atom is 0.573 e. The monoisotopic (exact) mass is 488 g/mol. The lowest BCUT2D eigenvalue weighted by Gasteiger charge is -2.54. The van der Waals surface area contributed by atoms with Gasteiger partial charge in [0.15, 0.2) is 5.82 Å². The van der Waals surface area contributed by atoms with Crippen molar-refractivity contribution in [2.75, 3.05) is 36.4 Å². The van der Waals surface area contributed by atoms with E-state index in [1.54, 1.807) is 25.4 Å². The summed E-state index contributed by atoms with van der Waals surface area (Å²) in [6.45, 7) is 4.70. The highest BCUT2D eigenvalue weighted by Gasteiger charge is 2.45. The molecule has 1 spiro atoms. The molecule has 2 fully saturated rings. The molecule has 35 heavy (non-hydrogen) atoms. The number of nitrogens with zero attached hydrogens (tertiary/aromatic N) is 6. The molecule has 0 aromatic carbocycles. The predicted molar refractivity (Wildman–Crippen MR) is 120 cm³/mol. The summed E-state index contributed by atoms with van der Waals surface area (Å²) < 4.78 is 41.8. The minimum Gasteiger partial charge on any atom is -0.406 e. The summed E-state index contributed by atoms with van der Waals surface area (Å²) in [5.41, 5.74) is 0.812. The number of amides is 1. The Morgan fingerprint density at radius 3 is 2.60 bits per heavy atom. The fourth-order valence-electron chi connectivity index (χ4n) is 4.51. The van der Waals surface area contributed by atoms with Crippen LogP contribution in [0, 0.1) is 5.41 Å². The number of alkyl halides is 3. The highest BCUT2D eigenvalue weighted by atomic mass is 19.4. The molecule has 2 aliphatic rings. The molecule has 2 N–H and O–H groups in total. The molecule has 3 aromatic heterocycles. The Hall–Kier alpha value is -3.90. The van der Waals surface area contributed by atoms with Gasteiger partial charge in [-0.3, -0.25) is 9.89 Å². The Morgan fingerprint density at radius 1 is 1.17 bits per heavy atom. The van der Waals surface area contributed by atoms with Crippen molar-refractivity contribution in [1.29, 1.82) is 0 Å². The maximum atomic E-state index is 12.6. The van der Waals surface area contributed by atoms with Gasteiger partial charge in [0.1, 0.15) is 23.2 Å². The molecule has 1 amide bonds. The number of ether oxygens (including phenoxy) is 1. The van der Waals surface area contributed by atoms with Crippen LogP contribution in [0.5, 0.6) is 5.75 Å². The van der Waals surface area contributed by atoms with E-state index in [9.17, 15) is 18.0 Å². The molecule has 0 radical (unpaired) electrons. The lowest BCUT2D eigenvalue weighted by molar-refractivity contribution is -0.274. The second-order valence-corrected chi connectivity index (χ2v) is 8.83. The molecule has 0 bridgehead atoms. The van der Waals surface area contributed by atoms with E-state index in [4.69, 9.17) is 0 Å². The van der Waals surface area contributed by atoms with Gasteiger partial charge in [-0.2, -0.15) is 5.10 Å². The van der Waals surface area contributed by atoms with E-state index < -0.39 is 6.36 Å². The molecular weight excluding hydrogens is 465 g/mol. The lowest BCUT2D eigenvalue weighted by Crippen LogP contribution is -2.61. The van der Waals surface area contributed by atoms with Crippen molar-refractivity contribution in [3.8, 4) is 17.1 Å². The summed E-state index contributed by atoms with van der Waals surface area (Å²) in [6.07, 6.45) is 1.54. The van der Waals surface area contributed by atoms with Crippen LogP contribution < -0.4 is 15.0 Å². The first-order chi connectivity index (χ1) is 16.7. The van der Waals surface area contributed by atoms with E-state index in [0.717, 1.165) is 51.2 Å². The summed E-state index contributed by atoms with van der Waals surface area (Å²) in [6, 6.07) is 4.01. The number of H-pyrrole nitrogens is 1. The number of rotatable bonds is 5. The predicted octanol–water partition coefficient (Wildman–Crippen LogP) is 3.35. The third-order valence-corrected chi connectivity index (χ3v) is 6.34. The molecule has 0 unspecified atom stereocenters. The van der Waals surface area contributed by atoms with E-state index in [1.807, 2.05) is 4.90 Å². The molecule has 13 heteroatoms. The van der Waals surface area contributed by atoms with Gasteiger partial charge in [0, 0.05) is 63.0 Å². The average molecular weight is 488 g/mol. The van der Waals surface area contributed by atoms with Gasteiger partial charge in [-0.1, -0.05) is 0 Å². The first kappa shape index (κ1) is 22.9. The quantitative estimate of drug-likeness (QED) is 0.563. The lowest BCUT2D eigenvalue weighted by atomic mass is 9.72. The van der Waals surface area contributed by atoms with Crippen molar-refractivity contribution >= 4 is 23.4 Å². The van der Waals surface area contributed by atoms with Gasteiger partial charge in [0.2, 0.25) is 5.91 Å². The summed E-state index contributed by atoms with van der Waals surface area (Å²) in [7, 11) is 0.